The fourth-order valence-corrected chi connectivity index (χ4v) is 3.39. The molecule has 0 bridgehead atoms. The van der Waals surface area contributed by atoms with Crippen molar-refractivity contribution in [2.45, 2.75) is 20.3 Å². The largest absolute Gasteiger partial charge is 0.336 e. The zero-order valence-corrected chi connectivity index (χ0v) is 15.2. The zero-order chi connectivity index (χ0) is 17.3. The average Bonchev–Trinajstić information content (AvgIpc) is 2.91. The number of aryl methyl sites for hydroxylation is 1. The first-order chi connectivity index (χ1) is 11.5. The summed E-state index contributed by atoms with van der Waals surface area (Å²) in [5.41, 5.74) is 3.22. The number of hydrogen-bond donors (Lipinski definition) is 0. The Hall–Kier alpha value is -1.85. The van der Waals surface area contributed by atoms with Crippen LogP contribution in [-0.2, 0) is 6.42 Å². The van der Waals surface area contributed by atoms with E-state index in [-0.39, 0.29) is 5.91 Å². The lowest BCUT2D eigenvalue weighted by molar-refractivity contribution is 0.0662. The van der Waals surface area contributed by atoms with Gasteiger partial charge in [0.15, 0.2) is 0 Å². The van der Waals surface area contributed by atoms with Crippen molar-refractivity contribution in [1.29, 1.82) is 0 Å². The van der Waals surface area contributed by atoms with Gasteiger partial charge in [-0.1, -0.05) is 30.7 Å². The first-order valence-corrected chi connectivity index (χ1v) is 8.72. The summed E-state index contributed by atoms with van der Waals surface area (Å²) in [7, 11) is 2.08. The predicted octanol–water partition coefficient (Wildman–Crippen LogP) is 2.78. The number of nitrogens with zero attached hydrogens (tertiary/aromatic N) is 4. The van der Waals surface area contributed by atoms with Crippen molar-refractivity contribution in [2.24, 2.45) is 0 Å². The van der Waals surface area contributed by atoms with E-state index in [0.717, 1.165) is 55.2 Å². The summed E-state index contributed by atoms with van der Waals surface area (Å²) >= 11 is 6.33. The second-order valence-electron chi connectivity index (χ2n) is 6.22. The van der Waals surface area contributed by atoms with Crippen molar-refractivity contribution >= 4 is 17.5 Å². The Kier molecular flexibility index (Phi) is 4.92. The number of carbonyl (C=O) groups is 1. The molecule has 0 aliphatic carbocycles. The summed E-state index contributed by atoms with van der Waals surface area (Å²) in [5, 5.41) is 5.25. The quantitative estimate of drug-likeness (QED) is 0.858. The minimum atomic E-state index is 0.0794. The minimum Gasteiger partial charge on any atom is -0.336 e. The normalized spacial score (nSPS) is 15.8. The molecule has 0 radical (unpaired) electrons. The molecule has 0 N–H and O–H groups in total. The van der Waals surface area contributed by atoms with E-state index in [1.54, 1.807) is 0 Å². The lowest BCUT2D eigenvalue weighted by atomic mass is 10.1. The number of hydrogen-bond acceptors (Lipinski definition) is 3. The third kappa shape index (κ3) is 3.06. The van der Waals surface area contributed by atoms with E-state index in [2.05, 4.69) is 17.0 Å². The molecule has 128 valence electrons. The average molecular weight is 347 g/mol. The molecule has 1 aromatic carbocycles. The van der Waals surface area contributed by atoms with Crippen LogP contribution < -0.4 is 0 Å². The monoisotopic (exact) mass is 346 g/mol. The number of amides is 1. The number of halogens is 1. The van der Waals surface area contributed by atoms with Crippen molar-refractivity contribution in [1.82, 2.24) is 19.6 Å². The number of likely N-dealkylation sites (N-methyl/N-ethyl adjacent to an activating group) is 1. The van der Waals surface area contributed by atoms with Gasteiger partial charge < -0.3 is 9.80 Å². The molecule has 0 saturated carbocycles. The highest BCUT2D eigenvalue weighted by Gasteiger charge is 2.27. The number of rotatable bonds is 3. The van der Waals surface area contributed by atoms with Gasteiger partial charge in [0.25, 0.3) is 5.91 Å². The maximum Gasteiger partial charge on any atom is 0.257 e. The molecule has 1 fully saturated rings. The first kappa shape index (κ1) is 17.0. The minimum absolute atomic E-state index is 0.0794. The highest BCUT2D eigenvalue weighted by molar-refractivity contribution is 6.32. The zero-order valence-electron chi connectivity index (χ0n) is 14.4. The summed E-state index contributed by atoms with van der Waals surface area (Å²) in [6.45, 7) is 7.28. The molecule has 1 aliphatic rings. The van der Waals surface area contributed by atoms with Crippen molar-refractivity contribution < 1.29 is 4.79 Å². The molecule has 6 heteroatoms. The van der Waals surface area contributed by atoms with Crippen LogP contribution in [0.15, 0.2) is 24.3 Å². The second kappa shape index (κ2) is 6.95. The van der Waals surface area contributed by atoms with Crippen LogP contribution in [0, 0.1) is 6.92 Å². The number of piperazine rings is 1. The Morgan fingerprint density at radius 1 is 1.21 bits per heavy atom. The van der Waals surface area contributed by atoms with E-state index >= 15 is 0 Å². The second-order valence-corrected chi connectivity index (χ2v) is 6.63. The number of benzene rings is 1. The van der Waals surface area contributed by atoms with Crippen LogP contribution in [-0.4, -0.2) is 58.7 Å². The molecule has 3 rings (SSSR count). The van der Waals surface area contributed by atoms with Crippen LogP contribution in [0.5, 0.6) is 0 Å². The Labute approximate surface area is 147 Å². The fourth-order valence-electron chi connectivity index (χ4n) is 3.17. The van der Waals surface area contributed by atoms with E-state index < -0.39 is 0 Å². The lowest BCUT2D eigenvalue weighted by Crippen LogP contribution is -2.47. The Balaban J connectivity index is 2.00. The third-order valence-corrected chi connectivity index (χ3v) is 4.90. The molecule has 24 heavy (non-hydrogen) atoms. The Bertz CT molecular complexity index is 747. The summed E-state index contributed by atoms with van der Waals surface area (Å²) in [5.74, 6) is 0.0794. The molecular formula is C18H23ClN4O. The van der Waals surface area contributed by atoms with E-state index in [1.165, 1.54) is 0 Å². The van der Waals surface area contributed by atoms with Crippen molar-refractivity contribution in [3.05, 3.63) is 46.2 Å². The molecule has 0 spiro atoms. The van der Waals surface area contributed by atoms with Gasteiger partial charge >= 0.3 is 0 Å². The topological polar surface area (TPSA) is 41.4 Å². The maximum atomic E-state index is 13.1. The van der Waals surface area contributed by atoms with Gasteiger partial charge in [0.2, 0.25) is 0 Å². The van der Waals surface area contributed by atoms with Gasteiger partial charge in [-0.3, -0.25) is 4.79 Å². The van der Waals surface area contributed by atoms with E-state index in [4.69, 9.17) is 11.6 Å². The van der Waals surface area contributed by atoms with Gasteiger partial charge in [0.1, 0.15) is 0 Å². The SMILES string of the molecule is CCc1c(C(=O)N2CCN(C)CC2)c(C)nn1-c1ccccc1Cl. The molecule has 0 atom stereocenters. The van der Waals surface area contributed by atoms with Gasteiger partial charge in [-0.2, -0.15) is 5.10 Å². The van der Waals surface area contributed by atoms with Crippen LogP contribution in [0.4, 0.5) is 0 Å². The summed E-state index contributed by atoms with van der Waals surface area (Å²) < 4.78 is 1.82. The summed E-state index contributed by atoms with van der Waals surface area (Å²) in [4.78, 5) is 17.2. The van der Waals surface area contributed by atoms with Gasteiger partial charge in [0, 0.05) is 26.2 Å². The van der Waals surface area contributed by atoms with Gasteiger partial charge in [0.05, 0.1) is 27.7 Å². The van der Waals surface area contributed by atoms with Crippen LogP contribution in [0.1, 0.15) is 28.7 Å². The Morgan fingerprint density at radius 3 is 2.50 bits per heavy atom. The molecule has 2 aromatic rings. The summed E-state index contributed by atoms with van der Waals surface area (Å²) in [6, 6.07) is 7.59. The van der Waals surface area contributed by atoms with Gasteiger partial charge in [-0.25, -0.2) is 4.68 Å². The molecule has 2 heterocycles. The Morgan fingerprint density at radius 2 is 1.88 bits per heavy atom. The number of aromatic nitrogens is 2. The first-order valence-electron chi connectivity index (χ1n) is 8.34. The maximum absolute atomic E-state index is 13.1. The smallest absolute Gasteiger partial charge is 0.257 e. The highest BCUT2D eigenvalue weighted by atomic mass is 35.5. The molecule has 1 saturated heterocycles. The van der Waals surface area contributed by atoms with Crippen molar-refractivity contribution in [3.8, 4) is 5.69 Å². The van der Waals surface area contributed by atoms with Crippen LogP contribution in [0.3, 0.4) is 0 Å². The number of carbonyl (C=O) groups excluding carboxylic acids is 1. The van der Waals surface area contributed by atoms with Crippen molar-refractivity contribution in [2.75, 3.05) is 33.2 Å². The van der Waals surface area contributed by atoms with Gasteiger partial charge in [-0.15, -0.1) is 0 Å². The fraction of sp³-hybridized carbons (Fsp3) is 0.444. The molecular weight excluding hydrogens is 324 g/mol. The van der Waals surface area contributed by atoms with E-state index in [9.17, 15) is 4.79 Å². The van der Waals surface area contributed by atoms with Gasteiger partial charge in [-0.05, 0) is 32.5 Å². The highest BCUT2D eigenvalue weighted by Crippen LogP contribution is 2.25. The van der Waals surface area contributed by atoms with Crippen LogP contribution in [0.25, 0.3) is 5.69 Å². The molecule has 0 unspecified atom stereocenters. The number of para-hydroxylation sites is 1. The summed E-state index contributed by atoms with van der Waals surface area (Å²) in [6.07, 6.45) is 0.723. The third-order valence-electron chi connectivity index (χ3n) is 4.58. The standard InChI is InChI=1S/C18H23ClN4O/c1-4-15-17(18(24)22-11-9-21(3)10-12-22)13(2)20-23(15)16-8-6-5-7-14(16)19/h5-8H,4,9-12H2,1-3H3. The lowest BCUT2D eigenvalue weighted by Gasteiger charge is -2.32. The molecule has 1 aliphatic heterocycles. The van der Waals surface area contributed by atoms with E-state index in [1.807, 2.05) is 47.7 Å². The molecule has 1 amide bonds. The van der Waals surface area contributed by atoms with Crippen LogP contribution in [0.2, 0.25) is 5.02 Å². The molecule has 5 nitrogen and oxygen atoms in total. The predicted molar refractivity (Wildman–Crippen MR) is 96.1 cm³/mol. The van der Waals surface area contributed by atoms with E-state index in [0.29, 0.717) is 5.02 Å². The van der Waals surface area contributed by atoms with Crippen LogP contribution >= 0.6 is 11.6 Å². The molecule has 1 aromatic heterocycles. The van der Waals surface area contributed by atoms with Crippen molar-refractivity contribution in [3.63, 3.8) is 0 Å².